The smallest absolute Gasteiger partial charge is 0.313 e. The maximum atomic E-state index is 14.7. The van der Waals surface area contributed by atoms with E-state index in [-0.39, 0.29) is 17.6 Å². The number of benzene rings is 2. The van der Waals surface area contributed by atoms with E-state index >= 15 is 0 Å². The summed E-state index contributed by atoms with van der Waals surface area (Å²) in [6, 6.07) is 8.26. The third kappa shape index (κ3) is 3.70. The largest absolute Gasteiger partial charge is 0.469 e. The SMILES string of the molecule is COC(=O)[C@H](CC[C@H](C)c1ccc2cn[nH]c2c1F)c1cccc(F)c1C. The molecule has 1 N–H and O–H groups in total. The van der Waals surface area contributed by atoms with Gasteiger partial charge in [-0.3, -0.25) is 9.89 Å². The number of carbonyl (C=O) groups is 1. The molecule has 27 heavy (non-hydrogen) atoms. The predicted octanol–water partition coefficient (Wildman–Crippen LogP) is 4.99. The van der Waals surface area contributed by atoms with Crippen molar-refractivity contribution in [3.05, 3.63) is 64.9 Å². The highest BCUT2D eigenvalue weighted by Gasteiger charge is 2.25. The summed E-state index contributed by atoms with van der Waals surface area (Å²) in [5.74, 6) is -1.81. The van der Waals surface area contributed by atoms with Crippen LogP contribution >= 0.6 is 0 Å². The lowest BCUT2D eigenvalue weighted by molar-refractivity contribution is -0.142. The second-order valence-electron chi connectivity index (χ2n) is 6.81. The lowest BCUT2D eigenvalue weighted by Gasteiger charge is -2.20. The number of aromatic amines is 1. The van der Waals surface area contributed by atoms with E-state index in [1.54, 1.807) is 31.3 Å². The van der Waals surface area contributed by atoms with Crippen LogP contribution in [0.25, 0.3) is 10.9 Å². The van der Waals surface area contributed by atoms with Crippen LogP contribution in [0.5, 0.6) is 0 Å². The van der Waals surface area contributed by atoms with Gasteiger partial charge in [0.25, 0.3) is 0 Å². The van der Waals surface area contributed by atoms with Crippen LogP contribution in [0.3, 0.4) is 0 Å². The zero-order valence-electron chi connectivity index (χ0n) is 15.6. The Morgan fingerprint density at radius 1 is 1.19 bits per heavy atom. The number of esters is 1. The third-order valence-corrected chi connectivity index (χ3v) is 5.17. The molecule has 1 aromatic heterocycles. The van der Waals surface area contributed by atoms with Gasteiger partial charge in [0.05, 0.1) is 19.2 Å². The average molecular weight is 372 g/mol. The first-order valence-corrected chi connectivity index (χ1v) is 8.88. The van der Waals surface area contributed by atoms with Crippen molar-refractivity contribution in [1.82, 2.24) is 10.2 Å². The molecule has 3 rings (SSSR count). The fourth-order valence-electron chi connectivity index (χ4n) is 3.49. The maximum Gasteiger partial charge on any atom is 0.313 e. The molecule has 3 aromatic rings. The van der Waals surface area contributed by atoms with E-state index < -0.39 is 11.9 Å². The van der Waals surface area contributed by atoms with Gasteiger partial charge in [-0.15, -0.1) is 0 Å². The van der Waals surface area contributed by atoms with Crippen molar-refractivity contribution >= 4 is 16.9 Å². The van der Waals surface area contributed by atoms with Gasteiger partial charge in [-0.05, 0) is 48.4 Å². The van der Waals surface area contributed by atoms with Crippen molar-refractivity contribution in [2.45, 2.75) is 38.5 Å². The van der Waals surface area contributed by atoms with Crippen LogP contribution in [-0.4, -0.2) is 23.3 Å². The lowest BCUT2D eigenvalue weighted by atomic mass is 9.86. The van der Waals surface area contributed by atoms with Crippen LogP contribution < -0.4 is 0 Å². The van der Waals surface area contributed by atoms with Gasteiger partial charge in [-0.25, -0.2) is 8.78 Å². The summed E-state index contributed by atoms with van der Waals surface area (Å²) in [7, 11) is 1.32. The number of aromatic nitrogens is 2. The van der Waals surface area contributed by atoms with Gasteiger partial charge < -0.3 is 4.74 Å². The molecule has 0 radical (unpaired) electrons. The molecule has 142 valence electrons. The summed E-state index contributed by atoms with van der Waals surface area (Å²) >= 11 is 0. The minimum Gasteiger partial charge on any atom is -0.469 e. The highest BCUT2D eigenvalue weighted by atomic mass is 19.1. The minimum absolute atomic E-state index is 0.126. The second kappa shape index (κ2) is 7.86. The molecule has 2 atom stereocenters. The fourth-order valence-corrected chi connectivity index (χ4v) is 3.49. The fraction of sp³-hybridized carbons (Fsp3) is 0.333. The molecule has 0 fully saturated rings. The monoisotopic (exact) mass is 372 g/mol. The Balaban J connectivity index is 1.83. The second-order valence-corrected chi connectivity index (χ2v) is 6.81. The van der Waals surface area contributed by atoms with E-state index in [2.05, 4.69) is 10.2 Å². The van der Waals surface area contributed by atoms with Crippen LogP contribution in [0.1, 0.15) is 48.3 Å². The Morgan fingerprint density at radius 3 is 2.70 bits per heavy atom. The zero-order chi connectivity index (χ0) is 19.6. The molecule has 6 heteroatoms. The zero-order valence-corrected chi connectivity index (χ0v) is 15.6. The van der Waals surface area contributed by atoms with E-state index in [1.165, 1.54) is 13.2 Å². The maximum absolute atomic E-state index is 14.7. The number of ether oxygens (including phenoxy) is 1. The number of carbonyl (C=O) groups excluding carboxylic acids is 1. The Morgan fingerprint density at radius 2 is 1.96 bits per heavy atom. The van der Waals surface area contributed by atoms with Crippen molar-refractivity contribution in [3.63, 3.8) is 0 Å². The highest BCUT2D eigenvalue weighted by molar-refractivity contribution is 5.80. The van der Waals surface area contributed by atoms with Crippen molar-refractivity contribution in [3.8, 4) is 0 Å². The summed E-state index contributed by atoms with van der Waals surface area (Å²) in [6.07, 6.45) is 2.55. The number of H-pyrrole nitrogens is 1. The van der Waals surface area contributed by atoms with Gasteiger partial charge in [0.15, 0.2) is 5.82 Å². The van der Waals surface area contributed by atoms with Crippen molar-refractivity contribution in [2.24, 2.45) is 0 Å². The number of nitrogens with one attached hydrogen (secondary N) is 1. The molecular weight excluding hydrogens is 350 g/mol. The van der Waals surface area contributed by atoms with E-state index in [0.29, 0.717) is 40.4 Å². The first-order chi connectivity index (χ1) is 12.9. The molecule has 0 spiro atoms. The van der Waals surface area contributed by atoms with Crippen LogP contribution in [0.2, 0.25) is 0 Å². The van der Waals surface area contributed by atoms with E-state index in [0.717, 1.165) is 0 Å². The standard InChI is InChI=1S/C21H22F2N2O2/c1-12(15-10-8-14-11-24-25-20(14)19(15)23)7-9-17(21(26)27-3)16-5-4-6-18(22)13(16)2/h4-6,8,10-12,17H,7,9H2,1-3H3,(H,24,25)/t12-,17+/m0/s1. The van der Waals surface area contributed by atoms with Crippen molar-refractivity contribution in [2.75, 3.05) is 7.11 Å². The Labute approximate surface area is 156 Å². The van der Waals surface area contributed by atoms with Crippen LogP contribution in [0, 0.1) is 18.6 Å². The number of rotatable bonds is 6. The number of hydrogen-bond acceptors (Lipinski definition) is 3. The number of nitrogens with zero attached hydrogens (tertiary/aromatic N) is 1. The third-order valence-electron chi connectivity index (χ3n) is 5.17. The molecule has 0 saturated carbocycles. The van der Waals surface area contributed by atoms with Gasteiger partial charge >= 0.3 is 5.97 Å². The topological polar surface area (TPSA) is 55.0 Å². The summed E-state index contributed by atoms with van der Waals surface area (Å²) in [4.78, 5) is 12.3. The van der Waals surface area contributed by atoms with Gasteiger partial charge in [-0.1, -0.05) is 31.2 Å². The normalized spacial score (nSPS) is 13.5. The molecule has 0 amide bonds. The van der Waals surface area contributed by atoms with E-state index in [4.69, 9.17) is 4.74 Å². The lowest BCUT2D eigenvalue weighted by Crippen LogP contribution is -2.17. The predicted molar refractivity (Wildman–Crippen MR) is 99.6 cm³/mol. The Bertz CT molecular complexity index is 968. The van der Waals surface area contributed by atoms with Gasteiger partial charge in [0, 0.05) is 5.39 Å². The van der Waals surface area contributed by atoms with E-state index in [1.807, 2.05) is 13.0 Å². The molecule has 2 aromatic carbocycles. The van der Waals surface area contributed by atoms with Crippen LogP contribution in [0.4, 0.5) is 8.78 Å². The molecule has 0 unspecified atom stereocenters. The van der Waals surface area contributed by atoms with Crippen molar-refractivity contribution in [1.29, 1.82) is 0 Å². The summed E-state index contributed by atoms with van der Waals surface area (Å²) in [6.45, 7) is 3.56. The quantitative estimate of drug-likeness (QED) is 0.620. The van der Waals surface area contributed by atoms with Gasteiger partial charge in [0.2, 0.25) is 0 Å². The first-order valence-electron chi connectivity index (χ1n) is 8.88. The Kier molecular flexibility index (Phi) is 5.54. The molecular formula is C21H22F2N2O2. The molecule has 0 saturated heterocycles. The first kappa shape index (κ1) is 19.0. The van der Waals surface area contributed by atoms with Crippen LogP contribution in [-0.2, 0) is 9.53 Å². The summed E-state index contributed by atoms with van der Waals surface area (Å²) in [5, 5.41) is 7.26. The number of methoxy groups -OCH3 is 1. The number of halogens is 2. The molecule has 0 aliphatic rings. The summed E-state index contributed by atoms with van der Waals surface area (Å²) < 4.78 is 33.6. The molecule has 0 aliphatic heterocycles. The molecule has 0 bridgehead atoms. The number of hydrogen-bond donors (Lipinski definition) is 1. The van der Waals surface area contributed by atoms with Gasteiger partial charge in [-0.2, -0.15) is 5.10 Å². The Hall–Kier alpha value is -2.76. The highest BCUT2D eigenvalue weighted by Crippen LogP contribution is 2.33. The number of fused-ring (bicyclic) bond motifs is 1. The summed E-state index contributed by atoms with van der Waals surface area (Å²) in [5.41, 5.74) is 1.99. The van der Waals surface area contributed by atoms with E-state index in [9.17, 15) is 13.6 Å². The van der Waals surface area contributed by atoms with Gasteiger partial charge in [0.1, 0.15) is 11.3 Å². The minimum atomic E-state index is -0.591. The molecule has 0 aliphatic carbocycles. The molecule has 1 heterocycles. The average Bonchev–Trinajstić information content (AvgIpc) is 3.14. The van der Waals surface area contributed by atoms with Crippen LogP contribution in [0.15, 0.2) is 36.5 Å². The van der Waals surface area contributed by atoms with Crippen molar-refractivity contribution < 1.29 is 18.3 Å². The molecule has 4 nitrogen and oxygen atoms in total.